The summed E-state index contributed by atoms with van der Waals surface area (Å²) >= 11 is -2.55. The third-order valence-corrected chi connectivity index (χ3v) is 7.99. The van der Waals surface area contributed by atoms with Crippen molar-refractivity contribution in [3.8, 4) is 0 Å². The van der Waals surface area contributed by atoms with Gasteiger partial charge in [-0.15, -0.1) is 4.72 Å². The van der Waals surface area contributed by atoms with Crippen LogP contribution in [0.3, 0.4) is 0 Å². The first-order valence-electron chi connectivity index (χ1n) is 10.3. The second-order valence-electron chi connectivity index (χ2n) is 9.26. The molecule has 2 aliphatic heterocycles. The Kier molecular flexibility index (Phi) is 8.97. The summed E-state index contributed by atoms with van der Waals surface area (Å²) in [4.78, 5) is 0. The van der Waals surface area contributed by atoms with Crippen LogP contribution < -0.4 is 4.72 Å². The van der Waals surface area contributed by atoms with Crippen LogP contribution in [0.4, 0.5) is 0 Å². The number of nitrogens with one attached hydrogen (secondary N) is 1. The van der Waals surface area contributed by atoms with Crippen molar-refractivity contribution in [1.82, 2.24) is 4.72 Å². The average Bonchev–Trinajstić information content (AvgIpc) is 2.65. The van der Waals surface area contributed by atoms with E-state index in [2.05, 4.69) is 15.2 Å². The molecule has 0 fully saturated rings. The molecule has 0 spiro atoms. The first kappa shape index (κ1) is 24.6. The Balaban J connectivity index is 1.88. The highest BCUT2D eigenvalue weighted by Gasteiger charge is 2.38. The van der Waals surface area contributed by atoms with E-state index in [0.717, 1.165) is 31.4 Å². The fraction of sp³-hybridized carbons (Fsp3) is 0.762. The molecule has 2 aliphatic rings. The molecule has 166 valence electrons. The van der Waals surface area contributed by atoms with Crippen LogP contribution >= 0.6 is 0 Å². The lowest BCUT2D eigenvalue weighted by molar-refractivity contribution is 0.0989. The van der Waals surface area contributed by atoms with Crippen LogP contribution in [0, 0.1) is 0 Å². The number of hydrogen-bond donors (Lipinski definition) is 1. The Morgan fingerprint density at radius 3 is 2.59 bits per heavy atom. The van der Waals surface area contributed by atoms with Gasteiger partial charge in [-0.05, 0) is 79.4 Å². The number of hydrogen-bond acceptors (Lipinski definition) is 6. The minimum Gasteiger partial charge on any atom is -0.598 e. The number of allylic oxidation sites excluding steroid dienone is 3. The lowest BCUT2D eigenvalue weighted by Gasteiger charge is -2.34. The summed E-state index contributed by atoms with van der Waals surface area (Å²) in [5, 5.41) is 0. The molecule has 0 aliphatic carbocycles. The molecule has 6 nitrogen and oxygen atoms in total. The van der Waals surface area contributed by atoms with E-state index in [1.807, 2.05) is 47.6 Å². The zero-order valence-electron chi connectivity index (χ0n) is 18.5. The van der Waals surface area contributed by atoms with E-state index in [0.29, 0.717) is 6.42 Å². The normalized spacial score (nSPS) is 26.4. The summed E-state index contributed by atoms with van der Waals surface area (Å²) in [5.41, 5.74) is 0. The average molecular weight is 445 g/mol. The molecule has 2 rings (SSSR count). The SMILES string of the molecule is C[C@@H](N[S@+]([O-])C(C)(C)CC1=CCC[C@@H](/C=N/[S@+]([O-])C(C)(C)C)O1)[C@@H]1CCC=CO1. The minimum absolute atomic E-state index is 0.00595. The van der Waals surface area contributed by atoms with Crippen molar-refractivity contribution >= 4 is 28.9 Å². The van der Waals surface area contributed by atoms with Gasteiger partial charge in [-0.25, -0.2) is 0 Å². The highest BCUT2D eigenvalue weighted by molar-refractivity contribution is 7.91. The Labute approximate surface area is 182 Å². The second kappa shape index (κ2) is 10.6. The van der Waals surface area contributed by atoms with E-state index in [-0.39, 0.29) is 23.0 Å². The second-order valence-corrected chi connectivity index (χ2v) is 13.1. The minimum atomic E-state index is -1.29. The molecule has 0 bridgehead atoms. The number of ether oxygens (including phenoxy) is 2. The van der Waals surface area contributed by atoms with Crippen molar-refractivity contribution in [3.05, 3.63) is 24.2 Å². The molecular weight excluding hydrogens is 408 g/mol. The Morgan fingerprint density at radius 1 is 1.24 bits per heavy atom. The molecule has 0 aromatic rings. The van der Waals surface area contributed by atoms with E-state index in [1.54, 1.807) is 12.5 Å². The van der Waals surface area contributed by atoms with E-state index < -0.39 is 27.5 Å². The maximum Gasteiger partial charge on any atom is 0.146 e. The molecule has 0 amide bonds. The fourth-order valence-corrected chi connectivity index (χ4v) is 4.66. The van der Waals surface area contributed by atoms with E-state index >= 15 is 0 Å². The monoisotopic (exact) mass is 444 g/mol. The van der Waals surface area contributed by atoms with Gasteiger partial charge in [-0.2, -0.15) is 0 Å². The van der Waals surface area contributed by atoms with Crippen LogP contribution in [0.5, 0.6) is 0 Å². The quantitative estimate of drug-likeness (QED) is 0.450. The standard InChI is InChI=1S/C21H36N2O4S2/c1-16(19-12-7-8-13-26-19)23-29(25)21(5,6)14-17-10-9-11-18(27-17)15-22-28(24)20(2,3)4/h8,10,13,15-16,18-19,23H,7,9,11-12,14H2,1-6H3/b22-15+/t16-,18+,19+,28-,29-/m1/s1. The molecule has 0 unspecified atom stereocenters. The molecule has 0 saturated carbocycles. The summed E-state index contributed by atoms with van der Waals surface area (Å²) in [5.74, 6) is 0.818. The first-order valence-corrected chi connectivity index (χ1v) is 12.5. The number of rotatable bonds is 8. The van der Waals surface area contributed by atoms with E-state index in [9.17, 15) is 9.11 Å². The Bertz CT molecular complexity index is 616. The highest BCUT2D eigenvalue weighted by Crippen LogP contribution is 2.30. The molecular formula is C21H36N2O4S2. The molecule has 0 aromatic carbocycles. The fourth-order valence-electron chi connectivity index (χ4n) is 3.02. The third kappa shape index (κ3) is 7.83. The maximum atomic E-state index is 13.0. The molecule has 1 N–H and O–H groups in total. The highest BCUT2D eigenvalue weighted by atomic mass is 32.2. The van der Waals surface area contributed by atoms with Gasteiger partial charge in [0.1, 0.15) is 33.1 Å². The van der Waals surface area contributed by atoms with Crippen LogP contribution in [0.25, 0.3) is 0 Å². The summed E-state index contributed by atoms with van der Waals surface area (Å²) in [7, 11) is 0. The van der Waals surface area contributed by atoms with Crippen molar-refractivity contribution < 1.29 is 18.6 Å². The van der Waals surface area contributed by atoms with Gasteiger partial charge in [0.2, 0.25) is 0 Å². The van der Waals surface area contributed by atoms with Crippen LogP contribution in [0.2, 0.25) is 0 Å². The molecule has 8 heteroatoms. The van der Waals surface area contributed by atoms with Gasteiger partial charge in [0.15, 0.2) is 0 Å². The summed E-state index contributed by atoms with van der Waals surface area (Å²) in [6.45, 7) is 11.6. The van der Waals surface area contributed by atoms with Gasteiger partial charge in [-0.1, -0.05) is 4.40 Å². The van der Waals surface area contributed by atoms with Crippen molar-refractivity contribution in [1.29, 1.82) is 0 Å². The molecule has 0 saturated heterocycles. The number of nitrogens with zero attached hydrogens (tertiary/aromatic N) is 1. The van der Waals surface area contributed by atoms with Crippen molar-refractivity contribution in [3.63, 3.8) is 0 Å². The molecule has 0 aromatic heterocycles. The maximum absolute atomic E-state index is 13.0. The van der Waals surface area contributed by atoms with Gasteiger partial charge >= 0.3 is 0 Å². The molecule has 2 heterocycles. The van der Waals surface area contributed by atoms with Gasteiger partial charge in [0.25, 0.3) is 0 Å². The first-order chi connectivity index (χ1) is 13.5. The van der Waals surface area contributed by atoms with Crippen molar-refractivity contribution in [2.45, 2.75) is 101 Å². The smallest absolute Gasteiger partial charge is 0.146 e. The van der Waals surface area contributed by atoms with Crippen LogP contribution in [0.1, 0.15) is 73.6 Å². The lowest BCUT2D eigenvalue weighted by Crippen LogP contribution is -2.50. The zero-order chi connectivity index (χ0) is 21.7. The van der Waals surface area contributed by atoms with Gasteiger partial charge < -0.3 is 18.6 Å². The van der Waals surface area contributed by atoms with Gasteiger partial charge in [-0.3, -0.25) is 0 Å². The summed E-state index contributed by atoms with van der Waals surface area (Å²) < 4.78 is 43.3. The van der Waals surface area contributed by atoms with Crippen molar-refractivity contribution in [2.75, 3.05) is 0 Å². The predicted octanol–water partition coefficient (Wildman–Crippen LogP) is 4.09. The third-order valence-electron chi connectivity index (χ3n) is 4.89. The summed E-state index contributed by atoms with van der Waals surface area (Å²) in [6, 6.07) is -0.00595. The molecule has 29 heavy (non-hydrogen) atoms. The van der Waals surface area contributed by atoms with Crippen LogP contribution in [-0.2, 0) is 32.2 Å². The molecule has 0 radical (unpaired) electrons. The topological polar surface area (TPSA) is 89.0 Å². The van der Waals surface area contributed by atoms with E-state index in [1.165, 1.54) is 0 Å². The largest absolute Gasteiger partial charge is 0.598 e. The zero-order valence-corrected chi connectivity index (χ0v) is 20.1. The summed E-state index contributed by atoms with van der Waals surface area (Å²) in [6.07, 6.45) is 11.4. The van der Waals surface area contributed by atoms with E-state index in [4.69, 9.17) is 9.47 Å². The van der Waals surface area contributed by atoms with Crippen LogP contribution in [0.15, 0.2) is 28.6 Å². The van der Waals surface area contributed by atoms with Crippen molar-refractivity contribution in [2.24, 2.45) is 4.40 Å². The Hall–Kier alpha value is -0.670. The van der Waals surface area contributed by atoms with Gasteiger partial charge in [0, 0.05) is 11.4 Å². The Morgan fingerprint density at radius 2 is 1.97 bits per heavy atom. The predicted molar refractivity (Wildman–Crippen MR) is 121 cm³/mol. The molecule has 5 atom stereocenters. The van der Waals surface area contributed by atoms with Crippen LogP contribution in [-0.4, -0.2) is 43.1 Å². The van der Waals surface area contributed by atoms with Gasteiger partial charge in [0.05, 0.1) is 30.7 Å². The lowest BCUT2D eigenvalue weighted by atomic mass is 10.0.